The van der Waals surface area contributed by atoms with Crippen LogP contribution >= 0.6 is 11.6 Å². The summed E-state index contributed by atoms with van der Waals surface area (Å²) in [6.45, 7) is 3.97. The summed E-state index contributed by atoms with van der Waals surface area (Å²) in [7, 11) is 0. The smallest absolute Gasteiger partial charge is 0.271 e. The molecule has 2 aromatic carbocycles. The van der Waals surface area contributed by atoms with Crippen molar-refractivity contribution >= 4 is 35.3 Å². The Hall–Kier alpha value is -2.66. The van der Waals surface area contributed by atoms with Gasteiger partial charge in [0.2, 0.25) is 5.91 Å². The van der Waals surface area contributed by atoms with E-state index in [-0.39, 0.29) is 11.8 Å². The Labute approximate surface area is 152 Å². The van der Waals surface area contributed by atoms with Gasteiger partial charge in [0.05, 0.1) is 6.21 Å². The highest BCUT2D eigenvalue weighted by Crippen LogP contribution is 2.11. The fourth-order valence-corrected chi connectivity index (χ4v) is 2.30. The summed E-state index contributed by atoms with van der Waals surface area (Å²) in [5.74, 6) is -0.0842. The van der Waals surface area contributed by atoms with E-state index in [4.69, 9.17) is 11.6 Å². The summed E-state index contributed by atoms with van der Waals surface area (Å²) in [5.41, 5.74) is 4.35. The first-order valence-corrected chi connectivity index (χ1v) is 8.30. The maximum absolute atomic E-state index is 12.0. The van der Waals surface area contributed by atoms with Gasteiger partial charge in [0.1, 0.15) is 0 Å². The summed E-state index contributed by atoms with van der Waals surface area (Å²) in [4.78, 5) is 23.8. The zero-order valence-electron chi connectivity index (χ0n) is 14.1. The number of carbonyl (C=O) groups excluding carboxylic acids is 2. The van der Waals surface area contributed by atoms with Crippen molar-refractivity contribution in [1.29, 1.82) is 0 Å². The molecule has 0 aliphatic heterocycles. The van der Waals surface area contributed by atoms with Gasteiger partial charge < -0.3 is 5.32 Å². The van der Waals surface area contributed by atoms with E-state index in [9.17, 15) is 9.59 Å². The Kier molecular flexibility index (Phi) is 6.71. The molecule has 2 N–H and O–H groups in total. The average Bonchev–Trinajstić information content (AvgIpc) is 2.54. The van der Waals surface area contributed by atoms with Crippen LogP contribution in [0.2, 0.25) is 5.02 Å². The van der Waals surface area contributed by atoms with Crippen LogP contribution < -0.4 is 10.7 Å². The van der Waals surface area contributed by atoms with Gasteiger partial charge in [0.15, 0.2) is 0 Å². The topological polar surface area (TPSA) is 70.6 Å². The maximum Gasteiger partial charge on any atom is 0.271 e. The number of rotatable bonds is 6. The molecule has 0 heterocycles. The molecule has 0 aliphatic carbocycles. The Bertz CT molecular complexity index is 770. The molecule has 6 heteroatoms. The second-order valence-corrected chi connectivity index (χ2v) is 6.41. The highest BCUT2D eigenvalue weighted by molar-refractivity contribution is 6.30. The maximum atomic E-state index is 12.0. The van der Waals surface area contributed by atoms with Crippen molar-refractivity contribution in [2.75, 3.05) is 5.32 Å². The van der Waals surface area contributed by atoms with Gasteiger partial charge in [-0.05, 0) is 47.9 Å². The minimum Gasteiger partial charge on any atom is -0.326 e. The highest BCUT2D eigenvalue weighted by atomic mass is 35.5. The van der Waals surface area contributed by atoms with Gasteiger partial charge >= 0.3 is 0 Å². The van der Waals surface area contributed by atoms with Gasteiger partial charge in [0.25, 0.3) is 5.91 Å². The molecule has 0 saturated heterocycles. The van der Waals surface area contributed by atoms with Crippen LogP contribution in [0.25, 0.3) is 0 Å². The summed E-state index contributed by atoms with van der Waals surface area (Å²) in [6, 6.07) is 13.8. The lowest BCUT2D eigenvalue weighted by molar-refractivity contribution is -0.116. The standard InChI is InChI=1S/C19H20ClN3O2/c1-13(2)10-18(24)22-17-8-6-15(7-9-17)19(25)23-21-12-14-4-3-5-16(20)11-14/h3-9,11-13H,10H2,1-2H3,(H,22,24)(H,23,25)/b21-12+. The van der Waals surface area contributed by atoms with Crippen molar-refractivity contribution in [2.45, 2.75) is 20.3 Å². The first kappa shape index (κ1) is 18.7. The number of benzene rings is 2. The molecule has 0 atom stereocenters. The van der Waals surface area contributed by atoms with E-state index in [1.54, 1.807) is 42.5 Å². The molecule has 2 amide bonds. The minimum absolute atomic E-state index is 0.0432. The van der Waals surface area contributed by atoms with Gasteiger partial charge in [-0.2, -0.15) is 5.10 Å². The molecule has 130 valence electrons. The van der Waals surface area contributed by atoms with Gasteiger partial charge in [0, 0.05) is 22.7 Å². The third-order valence-corrected chi connectivity index (χ3v) is 3.49. The van der Waals surface area contributed by atoms with Crippen LogP contribution in [-0.2, 0) is 4.79 Å². The number of hydrogen-bond acceptors (Lipinski definition) is 3. The van der Waals surface area contributed by atoms with Crippen LogP contribution in [0.15, 0.2) is 53.6 Å². The van der Waals surface area contributed by atoms with Gasteiger partial charge in [-0.1, -0.05) is 37.6 Å². The Morgan fingerprint density at radius 3 is 2.52 bits per heavy atom. The molecule has 0 unspecified atom stereocenters. The van der Waals surface area contributed by atoms with Crippen molar-refractivity contribution in [1.82, 2.24) is 5.43 Å². The molecule has 5 nitrogen and oxygen atoms in total. The number of anilines is 1. The zero-order valence-corrected chi connectivity index (χ0v) is 14.9. The van der Waals surface area contributed by atoms with Crippen LogP contribution in [0.1, 0.15) is 36.2 Å². The third kappa shape index (κ3) is 6.39. The first-order chi connectivity index (χ1) is 11.9. The average molecular weight is 358 g/mol. The third-order valence-electron chi connectivity index (χ3n) is 3.25. The second-order valence-electron chi connectivity index (χ2n) is 5.98. The van der Waals surface area contributed by atoms with Crippen molar-refractivity contribution in [2.24, 2.45) is 11.0 Å². The number of hydrazone groups is 1. The predicted octanol–water partition coefficient (Wildman–Crippen LogP) is 4.09. The Morgan fingerprint density at radius 2 is 1.88 bits per heavy atom. The highest BCUT2D eigenvalue weighted by Gasteiger charge is 2.07. The number of halogens is 1. The molecule has 0 aromatic heterocycles. The second kappa shape index (κ2) is 8.99. The van der Waals surface area contributed by atoms with Crippen molar-refractivity contribution in [3.05, 3.63) is 64.7 Å². The lowest BCUT2D eigenvalue weighted by atomic mass is 10.1. The summed E-state index contributed by atoms with van der Waals surface area (Å²) in [5, 5.41) is 7.31. The molecule has 0 saturated carbocycles. The van der Waals surface area contributed by atoms with E-state index in [0.29, 0.717) is 28.6 Å². The predicted molar refractivity (Wildman–Crippen MR) is 101 cm³/mol. The molecule has 2 aromatic rings. The number of nitrogens with zero attached hydrogens (tertiary/aromatic N) is 1. The van der Waals surface area contributed by atoms with Gasteiger partial charge in [-0.25, -0.2) is 5.43 Å². The van der Waals surface area contributed by atoms with Crippen LogP contribution in [0, 0.1) is 5.92 Å². The number of nitrogens with one attached hydrogen (secondary N) is 2. The SMILES string of the molecule is CC(C)CC(=O)Nc1ccc(C(=O)N/N=C/c2cccc(Cl)c2)cc1. The van der Waals surface area contributed by atoms with Crippen LogP contribution in [0.3, 0.4) is 0 Å². The lowest BCUT2D eigenvalue weighted by Crippen LogP contribution is -2.18. The molecule has 0 fully saturated rings. The quantitative estimate of drug-likeness (QED) is 0.603. The normalized spacial score (nSPS) is 10.9. The van der Waals surface area contributed by atoms with Gasteiger partial charge in [-0.3, -0.25) is 9.59 Å². The van der Waals surface area contributed by atoms with E-state index in [0.717, 1.165) is 5.56 Å². The monoisotopic (exact) mass is 357 g/mol. The molecule has 25 heavy (non-hydrogen) atoms. The fraction of sp³-hybridized carbons (Fsp3) is 0.211. The molecular weight excluding hydrogens is 338 g/mol. The van der Waals surface area contributed by atoms with Gasteiger partial charge in [-0.15, -0.1) is 0 Å². The Balaban J connectivity index is 1.90. The fourth-order valence-electron chi connectivity index (χ4n) is 2.10. The number of amides is 2. The molecule has 2 rings (SSSR count). The van der Waals surface area contributed by atoms with E-state index in [1.165, 1.54) is 6.21 Å². The van der Waals surface area contributed by atoms with Crippen LogP contribution in [0.5, 0.6) is 0 Å². The van der Waals surface area contributed by atoms with E-state index < -0.39 is 0 Å². The molecule has 0 radical (unpaired) electrons. The molecule has 0 aliphatic rings. The zero-order chi connectivity index (χ0) is 18.2. The molecule has 0 bridgehead atoms. The van der Waals surface area contributed by atoms with Crippen LogP contribution in [-0.4, -0.2) is 18.0 Å². The van der Waals surface area contributed by atoms with Crippen molar-refractivity contribution in [3.8, 4) is 0 Å². The van der Waals surface area contributed by atoms with Crippen molar-refractivity contribution < 1.29 is 9.59 Å². The summed E-state index contributed by atoms with van der Waals surface area (Å²) < 4.78 is 0. The van der Waals surface area contributed by atoms with E-state index in [2.05, 4.69) is 15.8 Å². The number of hydrogen-bond donors (Lipinski definition) is 2. The largest absolute Gasteiger partial charge is 0.326 e. The van der Waals surface area contributed by atoms with Crippen LogP contribution in [0.4, 0.5) is 5.69 Å². The summed E-state index contributed by atoms with van der Waals surface area (Å²) in [6.07, 6.45) is 1.98. The first-order valence-electron chi connectivity index (χ1n) is 7.93. The molecular formula is C19H20ClN3O2. The lowest BCUT2D eigenvalue weighted by Gasteiger charge is -2.07. The minimum atomic E-state index is -0.335. The summed E-state index contributed by atoms with van der Waals surface area (Å²) >= 11 is 5.88. The van der Waals surface area contributed by atoms with E-state index in [1.807, 2.05) is 19.9 Å². The Morgan fingerprint density at radius 1 is 1.16 bits per heavy atom. The van der Waals surface area contributed by atoms with Crippen molar-refractivity contribution in [3.63, 3.8) is 0 Å². The number of carbonyl (C=O) groups is 2. The van der Waals surface area contributed by atoms with E-state index >= 15 is 0 Å². The molecule has 0 spiro atoms.